The summed E-state index contributed by atoms with van der Waals surface area (Å²) < 4.78 is 0. The first-order valence-electron chi connectivity index (χ1n) is 5.54. The van der Waals surface area contributed by atoms with Crippen LogP contribution in [-0.4, -0.2) is 5.78 Å². The Kier molecular flexibility index (Phi) is 6.87. The van der Waals surface area contributed by atoms with Crippen LogP contribution in [0.3, 0.4) is 0 Å². The molecule has 2 heteroatoms. The third-order valence-corrected chi connectivity index (χ3v) is 1.92. The molecule has 0 N–H and O–H groups in total. The fourth-order valence-corrected chi connectivity index (χ4v) is 1.20. The van der Waals surface area contributed by atoms with Crippen LogP contribution in [0.2, 0.25) is 0 Å². The van der Waals surface area contributed by atoms with Crippen molar-refractivity contribution in [3.05, 3.63) is 34.9 Å². The van der Waals surface area contributed by atoms with E-state index in [1.807, 2.05) is 13.0 Å². The van der Waals surface area contributed by atoms with Crippen LogP contribution in [0.25, 0.3) is 0 Å². The van der Waals surface area contributed by atoms with Crippen LogP contribution in [0.1, 0.15) is 43.9 Å². The summed E-state index contributed by atoms with van der Waals surface area (Å²) in [4.78, 5) is 10.9. The molecule has 0 amide bonds. The Morgan fingerprint density at radius 1 is 1.38 bits per heavy atom. The number of rotatable bonds is 2. The number of aryl methyl sites for hydroxylation is 1. The standard InChI is InChI=1S/C11H11NO.C3H8/c1-8-3-4-10(7-12)6-11(8)5-9(2)13;1-3-2/h3-4,6H,5H2,1-2H3;3H2,1-2H3. The van der Waals surface area contributed by atoms with Crippen molar-refractivity contribution in [2.45, 2.75) is 40.5 Å². The summed E-state index contributed by atoms with van der Waals surface area (Å²) in [6, 6.07) is 7.47. The van der Waals surface area contributed by atoms with Crippen molar-refractivity contribution in [1.29, 1.82) is 5.26 Å². The van der Waals surface area contributed by atoms with Crippen molar-refractivity contribution >= 4 is 5.78 Å². The Morgan fingerprint density at radius 3 is 2.38 bits per heavy atom. The molecule has 16 heavy (non-hydrogen) atoms. The lowest BCUT2D eigenvalue weighted by molar-refractivity contribution is -0.116. The van der Waals surface area contributed by atoms with Gasteiger partial charge in [0, 0.05) is 6.42 Å². The number of Topliss-reactive ketones (excluding diaryl/α,β-unsaturated/α-hetero) is 1. The van der Waals surface area contributed by atoms with Gasteiger partial charge in [-0.25, -0.2) is 0 Å². The van der Waals surface area contributed by atoms with Gasteiger partial charge in [-0.2, -0.15) is 5.26 Å². The number of carbonyl (C=O) groups is 1. The highest BCUT2D eigenvalue weighted by atomic mass is 16.1. The highest BCUT2D eigenvalue weighted by Gasteiger charge is 2.02. The van der Waals surface area contributed by atoms with E-state index >= 15 is 0 Å². The Labute approximate surface area is 97.9 Å². The zero-order valence-corrected chi connectivity index (χ0v) is 10.5. The van der Waals surface area contributed by atoms with Gasteiger partial charge in [0.2, 0.25) is 0 Å². The second-order valence-corrected chi connectivity index (χ2v) is 3.84. The van der Waals surface area contributed by atoms with Crippen molar-refractivity contribution < 1.29 is 4.79 Å². The second kappa shape index (κ2) is 7.64. The summed E-state index contributed by atoms with van der Waals surface area (Å²) in [5.74, 6) is 0.123. The molecular weight excluding hydrogens is 198 g/mol. The van der Waals surface area contributed by atoms with E-state index in [-0.39, 0.29) is 5.78 Å². The number of carbonyl (C=O) groups excluding carboxylic acids is 1. The molecule has 1 aromatic rings. The predicted molar refractivity (Wildman–Crippen MR) is 66.2 cm³/mol. The van der Waals surface area contributed by atoms with E-state index in [1.54, 1.807) is 19.1 Å². The molecule has 2 nitrogen and oxygen atoms in total. The van der Waals surface area contributed by atoms with E-state index in [1.165, 1.54) is 6.42 Å². The maximum absolute atomic E-state index is 10.9. The minimum absolute atomic E-state index is 0.123. The average Bonchev–Trinajstić information content (AvgIpc) is 2.22. The van der Waals surface area contributed by atoms with Gasteiger partial charge in [0.15, 0.2) is 0 Å². The number of benzene rings is 1. The topological polar surface area (TPSA) is 40.9 Å². The van der Waals surface area contributed by atoms with Crippen LogP contribution in [0.15, 0.2) is 18.2 Å². The van der Waals surface area contributed by atoms with E-state index in [0.717, 1.165) is 11.1 Å². The molecule has 0 aliphatic carbocycles. The molecule has 0 aliphatic heterocycles. The molecule has 0 spiro atoms. The monoisotopic (exact) mass is 217 g/mol. The molecular formula is C14H19NO. The third kappa shape index (κ3) is 5.31. The van der Waals surface area contributed by atoms with Crippen LogP contribution < -0.4 is 0 Å². The van der Waals surface area contributed by atoms with Crippen molar-refractivity contribution in [3.8, 4) is 6.07 Å². The lowest BCUT2D eigenvalue weighted by Gasteiger charge is -2.02. The van der Waals surface area contributed by atoms with Crippen LogP contribution in [0, 0.1) is 18.3 Å². The summed E-state index contributed by atoms with van der Waals surface area (Å²) >= 11 is 0. The summed E-state index contributed by atoms with van der Waals surface area (Å²) in [7, 11) is 0. The molecule has 1 aromatic carbocycles. The molecule has 86 valence electrons. The second-order valence-electron chi connectivity index (χ2n) is 3.84. The smallest absolute Gasteiger partial charge is 0.134 e. The molecule has 0 saturated carbocycles. The van der Waals surface area contributed by atoms with Gasteiger partial charge in [0.05, 0.1) is 11.6 Å². The predicted octanol–water partition coefficient (Wildman–Crippen LogP) is 3.41. The molecule has 0 fully saturated rings. The normalized spacial score (nSPS) is 8.69. The Balaban J connectivity index is 0.000000673. The van der Waals surface area contributed by atoms with E-state index in [2.05, 4.69) is 19.9 Å². The van der Waals surface area contributed by atoms with E-state index in [0.29, 0.717) is 12.0 Å². The summed E-state index contributed by atoms with van der Waals surface area (Å²) in [5.41, 5.74) is 2.63. The van der Waals surface area contributed by atoms with Crippen molar-refractivity contribution in [2.24, 2.45) is 0 Å². The van der Waals surface area contributed by atoms with Gasteiger partial charge in [-0.3, -0.25) is 4.79 Å². The molecule has 0 bridgehead atoms. The minimum atomic E-state index is 0.123. The quantitative estimate of drug-likeness (QED) is 0.761. The lowest BCUT2D eigenvalue weighted by Crippen LogP contribution is -1.99. The Morgan fingerprint density at radius 2 is 1.94 bits per heavy atom. The van der Waals surface area contributed by atoms with Crippen LogP contribution in [0.4, 0.5) is 0 Å². The van der Waals surface area contributed by atoms with Gasteiger partial charge >= 0.3 is 0 Å². The lowest BCUT2D eigenvalue weighted by atomic mass is 10.0. The number of nitrogens with zero attached hydrogens (tertiary/aromatic N) is 1. The van der Waals surface area contributed by atoms with Gasteiger partial charge in [0.25, 0.3) is 0 Å². The van der Waals surface area contributed by atoms with Crippen molar-refractivity contribution in [3.63, 3.8) is 0 Å². The Hall–Kier alpha value is -1.62. The first-order chi connectivity index (χ1) is 7.54. The zero-order chi connectivity index (χ0) is 12.6. The molecule has 0 aromatic heterocycles. The number of hydrogen-bond acceptors (Lipinski definition) is 2. The number of hydrogen-bond donors (Lipinski definition) is 0. The number of ketones is 1. The summed E-state index contributed by atoms with van der Waals surface area (Å²) in [6.07, 6.45) is 1.67. The van der Waals surface area contributed by atoms with Crippen LogP contribution in [-0.2, 0) is 11.2 Å². The minimum Gasteiger partial charge on any atom is -0.300 e. The van der Waals surface area contributed by atoms with Gasteiger partial charge < -0.3 is 0 Å². The SMILES string of the molecule is CC(=O)Cc1cc(C#N)ccc1C.CCC. The molecule has 0 saturated heterocycles. The molecule has 0 atom stereocenters. The van der Waals surface area contributed by atoms with Crippen LogP contribution in [0.5, 0.6) is 0 Å². The summed E-state index contributed by atoms with van der Waals surface area (Å²) in [5, 5.41) is 8.65. The Bertz CT molecular complexity index is 388. The molecule has 0 aliphatic rings. The van der Waals surface area contributed by atoms with Gasteiger partial charge in [0.1, 0.15) is 5.78 Å². The molecule has 0 radical (unpaired) electrons. The largest absolute Gasteiger partial charge is 0.300 e. The highest BCUT2D eigenvalue weighted by molar-refractivity contribution is 5.78. The fourth-order valence-electron chi connectivity index (χ4n) is 1.20. The van der Waals surface area contributed by atoms with Crippen LogP contribution >= 0.6 is 0 Å². The molecule has 1 rings (SSSR count). The van der Waals surface area contributed by atoms with Crippen molar-refractivity contribution in [1.82, 2.24) is 0 Å². The first-order valence-corrected chi connectivity index (χ1v) is 5.54. The van der Waals surface area contributed by atoms with Gasteiger partial charge in [-0.1, -0.05) is 26.3 Å². The maximum atomic E-state index is 10.9. The fraction of sp³-hybridized carbons (Fsp3) is 0.429. The maximum Gasteiger partial charge on any atom is 0.134 e. The molecule has 0 heterocycles. The van der Waals surface area contributed by atoms with E-state index < -0.39 is 0 Å². The van der Waals surface area contributed by atoms with Gasteiger partial charge in [-0.05, 0) is 37.1 Å². The number of nitriles is 1. The van der Waals surface area contributed by atoms with E-state index in [4.69, 9.17) is 5.26 Å². The molecule has 0 unspecified atom stereocenters. The highest BCUT2D eigenvalue weighted by Crippen LogP contribution is 2.11. The van der Waals surface area contributed by atoms with Crippen molar-refractivity contribution in [2.75, 3.05) is 0 Å². The first kappa shape index (κ1) is 14.4. The van der Waals surface area contributed by atoms with E-state index in [9.17, 15) is 4.79 Å². The average molecular weight is 217 g/mol. The summed E-state index contributed by atoms with van der Waals surface area (Å²) in [6.45, 7) is 7.75. The zero-order valence-electron chi connectivity index (χ0n) is 10.5. The third-order valence-electron chi connectivity index (χ3n) is 1.92. The van der Waals surface area contributed by atoms with Gasteiger partial charge in [-0.15, -0.1) is 0 Å².